The van der Waals surface area contributed by atoms with Gasteiger partial charge in [-0.3, -0.25) is 0 Å². The maximum Gasteiger partial charge on any atom is 0.214 e. The van der Waals surface area contributed by atoms with Gasteiger partial charge in [0.05, 0.1) is 18.4 Å². The van der Waals surface area contributed by atoms with E-state index in [1.54, 1.807) is 11.3 Å². The van der Waals surface area contributed by atoms with E-state index in [2.05, 4.69) is 59.1 Å². The summed E-state index contributed by atoms with van der Waals surface area (Å²) in [7, 11) is 0. The number of nitrogens with zero attached hydrogens (tertiary/aromatic N) is 2. The Labute approximate surface area is 169 Å². The molecule has 3 heterocycles. The van der Waals surface area contributed by atoms with Crippen molar-refractivity contribution < 1.29 is 9.47 Å². The Morgan fingerprint density at radius 1 is 1.18 bits per heavy atom. The Kier molecular flexibility index (Phi) is 4.32. The molecule has 0 aliphatic carbocycles. The number of rotatable bonds is 4. The largest absolute Gasteiger partial charge is 0.490 e. The molecule has 0 spiro atoms. The molecule has 0 fully saturated rings. The molecular weight excluding hydrogens is 368 g/mol. The summed E-state index contributed by atoms with van der Waals surface area (Å²) in [5.41, 5.74) is 5.80. The summed E-state index contributed by atoms with van der Waals surface area (Å²) in [5.74, 6) is 1.66. The number of aryl methyl sites for hydroxylation is 1. The summed E-state index contributed by atoms with van der Waals surface area (Å²) in [6, 6.07) is 17.0. The minimum Gasteiger partial charge on any atom is -0.490 e. The average molecular weight is 391 g/mol. The number of thiophene rings is 1. The second kappa shape index (κ2) is 6.99. The fourth-order valence-electron chi connectivity index (χ4n) is 3.91. The van der Waals surface area contributed by atoms with Crippen molar-refractivity contribution in [3.8, 4) is 11.5 Å². The van der Waals surface area contributed by atoms with Crippen LogP contribution in [0.1, 0.15) is 47.9 Å². The van der Waals surface area contributed by atoms with Gasteiger partial charge in [-0.1, -0.05) is 42.0 Å². The van der Waals surface area contributed by atoms with Crippen LogP contribution in [-0.4, -0.2) is 17.3 Å². The fraction of sp³-hybridized carbons (Fsp3) is 0.261. The van der Waals surface area contributed by atoms with Crippen LogP contribution < -0.4 is 9.47 Å². The van der Waals surface area contributed by atoms with Crippen molar-refractivity contribution in [2.24, 2.45) is 5.10 Å². The molecule has 5 heteroatoms. The van der Waals surface area contributed by atoms with Gasteiger partial charge in [0, 0.05) is 17.5 Å². The molecule has 142 valence electrons. The lowest BCUT2D eigenvalue weighted by atomic mass is 9.95. The van der Waals surface area contributed by atoms with Gasteiger partial charge in [0.15, 0.2) is 11.5 Å². The third-order valence-electron chi connectivity index (χ3n) is 5.29. The molecule has 2 aliphatic rings. The second-order valence-corrected chi connectivity index (χ2v) is 7.93. The smallest absolute Gasteiger partial charge is 0.214 e. The number of hydrazone groups is 1. The van der Waals surface area contributed by atoms with Crippen molar-refractivity contribution in [3.05, 3.63) is 81.5 Å². The lowest BCUT2D eigenvalue weighted by Crippen LogP contribution is -2.33. The van der Waals surface area contributed by atoms with E-state index < -0.39 is 0 Å². The van der Waals surface area contributed by atoms with Gasteiger partial charge in [-0.2, -0.15) is 16.4 Å². The average Bonchev–Trinajstić information content (AvgIpc) is 3.39. The summed E-state index contributed by atoms with van der Waals surface area (Å²) in [6.45, 7) is 4.72. The number of fused-ring (bicyclic) bond motifs is 3. The van der Waals surface area contributed by atoms with Crippen molar-refractivity contribution in [2.75, 3.05) is 6.61 Å². The Hall–Kier alpha value is -2.79. The molecule has 28 heavy (non-hydrogen) atoms. The summed E-state index contributed by atoms with van der Waals surface area (Å²) >= 11 is 1.68. The van der Waals surface area contributed by atoms with Crippen LogP contribution in [0.25, 0.3) is 0 Å². The lowest BCUT2D eigenvalue weighted by molar-refractivity contribution is -0.0209. The van der Waals surface area contributed by atoms with Crippen LogP contribution in [0, 0.1) is 6.92 Å². The van der Waals surface area contributed by atoms with Gasteiger partial charge in [0.2, 0.25) is 6.23 Å². The summed E-state index contributed by atoms with van der Waals surface area (Å²) in [6.07, 6.45) is 0.614. The number of benzene rings is 2. The first-order valence-electron chi connectivity index (χ1n) is 9.62. The zero-order valence-corrected chi connectivity index (χ0v) is 16.8. The molecular formula is C23H22N2O2S. The van der Waals surface area contributed by atoms with Crippen LogP contribution >= 0.6 is 11.3 Å². The van der Waals surface area contributed by atoms with Crippen LogP contribution in [-0.2, 0) is 0 Å². The molecule has 0 unspecified atom stereocenters. The van der Waals surface area contributed by atoms with E-state index in [0.717, 1.165) is 34.8 Å². The topological polar surface area (TPSA) is 34.1 Å². The van der Waals surface area contributed by atoms with E-state index in [4.69, 9.17) is 14.6 Å². The molecule has 0 bridgehead atoms. The molecule has 2 aromatic carbocycles. The predicted molar refractivity (Wildman–Crippen MR) is 112 cm³/mol. The van der Waals surface area contributed by atoms with Crippen LogP contribution in [0.4, 0.5) is 0 Å². The third-order valence-corrected chi connectivity index (χ3v) is 5.99. The first kappa shape index (κ1) is 17.3. The summed E-state index contributed by atoms with van der Waals surface area (Å²) < 4.78 is 12.3. The molecule has 4 nitrogen and oxygen atoms in total. The number of hydrogen-bond donors (Lipinski definition) is 0. The molecule has 0 amide bonds. The quantitative estimate of drug-likeness (QED) is 0.573. The minimum absolute atomic E-state index is 0.144. The molecule has 0 radical (unpaired) electrons. The highest BCUT2D eigenvalue weighted by Gasteiger charge is 2.42. The van der Waals surface area contributed by atoms with Gasteiger partial charge in [-0.05, 0) is 42.3 Å². The molecule has 0 saturated carbocycles. The van der Waals surface area contributed by atoms with Crippen LogP contribution in [0.5, 0.6) is 11.5 Å². The van der Waals surface area contributed by atoms with Gasteiger partial charge in [-0.15, -0.1) is 0 Å². The van der Waals surface area contributed by atoms with E-state index in [0.29, 0.717) is 6.61 Å². The first-order chi connectivity index (χ1) is 13.7. The van der Waals surface area contributed by atoms with Crippen molar-refractivity contribution in [1.29, 1.82) is 0 Å². The van der Waals surface area contributed by atoms with Gasteiger partial charge in [0.25, 0.3) is 0 Å². The predicted octanol–water partition coefficient (Wildman–Crippen LogP) is 5.70. The van der Waals surface area contributed by atoms with Crippen molar-refractivity contribution >= 4 is 17.0 Å². The first-order valence-corrected chi connectivity index (χ1v) is 10.6. The zero-order valence-electron chi connectivity index (χ0n) is 16.0. The van der Waals surface area contributed by atoms with E-state index in [1.165, 1.54) is 11.1 Å². The Bertz CT molecular complexity index is 1010. The maximum atomic E-state index is 6.48. The molecule has 2 aliphatic heterocycles. The number of ether oxygens (including phenoxy) is 2. The number of para-hydroxylation sites is 1. The minimum atomic E-state index is -0.242. The SMILES string of the molecule is CCOc1cccc2c1O[C@H](c1ccsc1)N1N=C(c3ccc(C)cc3)C[C@@H]21. The maximum absolute atomic E-state index is 6.48. The summed E-state index contributed by atoms with van der Waals surface area (Å²) in [4.78, 5) is 0. The highest BCUT2D eigenvalue weighted by atomic mass is 32.1. The van der Waals surface area contributed by atoms with Crippen LogP contribution in [0.3, 0.4) is 0 Å². The fourth-order valence-corrected chi connectivity index (χ4v) is 4.58. The lowest BCUT2D eigenvalue weighted by Gasteiger charge is -2.38. The second-order valence-electron chi connectivity index (χ2n) is 7.15. The normalized spacial score (nSPS) is 20.2. The van der Waals surface area contributed by atoms with Crippen molar-refractivity contribution in [2.45, 2.75) is 32.5 Å². The molecule has 5 rings (SSSR count). The molecule has 1 aromatic heterocycles. The van der Waals surface area contributed by atoms with Crippen molar-refractivity contribution in [3.63, 3.8) is 0 Å². The third kappa shape index (κ3) is 2.87. The van der Waals surface area contributed by atoms with Gasteiger partial charge >= 0.3 is 0 Å². The highest BCUT2D eigenvalue weighted by Crippen LogP contribution is 2.50. The van der Waals surface area contributed by atoms with Crippen LogP contribution in [0.2, 0.25) is 0 Å². The molecule has 3 aromatic rings. The molecule has 0 saturated heterocycles. The number of hydrogen-bond acceptors (Lipinski definition) is 5. The van der Waals surface area contributed by atoms with E-state index in [-0.39, 0.29) is 12.3 Å². The Balaban J connectivity index is 1.59. The standard InChI is InChI=1S/C23H22N2O2S/c1-3-26-21-6-4-5-18-20-13-19(16-9-7-15(2)8-10-16)24-25(20)23(27-22(18)21)17-11-12-28-14-17/h4-12,14,20,23H,3,13H2,1-2H3/t20-,23+/m0/s1. The Morgan fingerprint density at radius 3 is 2.79 bits per heavy atom. The van der Waals surface area contributed by atoms with E-state index >= 15 is 0 Å². The van der Waals surface area contributed by atoms with Gasteiger partial charge in [-0.25, -0.2) is 5.01 Å². The van der Waals surface area contributed by atoms with E-state index in [1.807, 2.05) is 19.1 Å². The molecule has 2 atom stereocenters. The Morgan fingerprint density at radius 2 is 2.04 bits per heavy atom. The van der Waals surface area contributed by atoms with Crippen LogP contribution in [0.15, 0.2) is 64.4 Å². The highest BCUT2D eigenvalue weighted by molar-refractivity contribution is 7.07. The molecule has 0 N–H and O–H groups in total. The summed E-state index contributed by atoms with van der Waals surface area (Å²) in [5, 5.41) is 11.3. The monoisotopic (exact) mass is 390 g/mol. The van der Waals surface area contributed by atoms with Gasteiger partial charge in [0.1, 0.15) is 0 Å². The van der Waals surface area contributed by atoms with E-state index in [9.17, 15) is 0 Å². The van der Waals surface area contributed by atoms with Gasteiger partial charge < -0.3 is 9.47 Å². The van der Waals surface area contributed by atoms with Crippen molar-refractivity contribution in [1.82, 2.24) is 5.01 Å². The zero-order chi connectivity index (χ0) is 19.1.